The Morgan fingerprint density at radius 3 is 1.84 bits per heavy atom. The number of aliphatic imine (C=N–C) groups is 3. The van der Waals surface area contributed by atoms with Crippen LogP contribution in [0, 0.1) is 76.4 Å². The van der Waals surface area contributed by atoms with Gasteiger partial charge < -0.3 is 121 Å². The van der Waals surface area contributed by atoms with E-state index < -0.39 is 157 Å². The predicted molar refractivity (Wildman–Crippen MR) is 393 cm³/mol. The van der Waals surface area contributed by atoms with Crippen molar-refractivity contribution in [1.82, 2.24) is 25.1 Å². The SMILES string of the molecule is C/C1=C2N=C(/C=C3N=C(/C(C)=C4\[N-][C@@](C)([C@@H]5N=C1[C@](C)(CCC(=O)NCC(C)OP(=O)([O-])O[C@H]1[C@@H](O)[C@@H](n6cnc7cc(C)c(C)cc76)O[C@@H]1CO)[C@H]5CC(N)=O)[C@@](C)(CC(N)=O)[C@@H]4CCC(N)=O)[C@@](C)(CC(N)=O)[C@@H]\3CCC(N)=O)C(C)(C)[C@@H]/2CCC(N)=O.CN1CC(=O)NC1=N.NC(N)=O.O=P(O)(O)O.[C-]#N.[Co+3]. The molecule has 110 heavy (non-hydrogen) atoms. The van der Waals surface area contributed by atoms with E-state index in [1.807, 2.05) is 80.5 Å². The van der Waals surface area contributed by atoms with Crippen molar-refractivity contribution in [3.8, 4) is 0 Å². The third kappa shape index (κ3) is 21.7. The number of ether oxygens (including phenoxy) is 1. The topological polar surface area (TPSA) is 692 Å². The number of hydrogen-bond acceptors (Lipinski definition) is 23. The number of likely N-dealkylation sites (N-methyl/N-ethyl adjacent to an activating group) is 1. The van der Waals surface area contributed by atoms with Crippen molar-refractivity contribution in [2.24, 2.45) is 106 Å². The first-order valence-electron chi connectivity index (χ1n) is 34.6. The molecule has 0 radical (unpaired) electrons. The molecule has 1 aromatic carbocycles. The van der Waals surface area contributed by atoms with Gasteiger partial charge in [-0.2, -0.15) is 5.70 Å². The number of nitrogens with one attached hydrogen (secondary N) is 3. The van der Waals surface area contributed by atoms with E-state index >= 15 is 0 Å². The predicted octanol–water partition coefficient (Wildman–Crippen LogP) is 0.487. The minimum Gasteiger partial charge on any atom is -0.756 e. The molecule has 39 nitrogen and oxygen atoms in total. The number of aliphatic hydroxyl groups excluding tert-OH is 2. The van der Waals surface area contributed by atoms with Gasteiger partial charge in [0.25, 0.3) is 7.82 Å². The summed E-state index contributed by atoms with van der Waals surface area (Å²) in [6.45, 7) is 24.0. The number of fused-ring (bicyclic) bond motifs is 7. The van der Waals surface area contributed by atoms with Crippen LogP contribution in [0.25, 0.3) is 16.4 Å². The van der Waals surface area contributed by atoms with E-state index in [2.05, 4.69) is 27.1 Å². The number of carbonyl (C=O) groups excluding carboxylic acids is 9. The number of phosphoric acid groups is 2. The van der Waals surface area contributed by atoms with Crippen molar-refractivity contribution in [3.63, 3.8) is 0 Å². The van der Waals surface area contributed by atoms with E-state index in [0.717, 1.165) is 11.1 Å². The number of primary amides is 8. The normalized spacial score (nSPS) is 30.2. The molecule has 7 aliphatic rings. The number of rotatable bonds is 26. The van der Waals surface area contributed by atoms with Crippen LogP contribution in [0.3, 0.4) is 0 Å². The van der Waals surface area contributed by atoms with Gasteiger partial charge in [0.15, 0.2) is 12.2 Å². The van der Waals surface area contributed by atoms with Crippen LogP contribution >= 0.6 is 15.6 Å². The molecule has 15 atom stereocenters. The molecule has 3 fully saturated rings. The summed E-state index contributed by atoms with van der Waals surface area (Å²) in [5, 5.41) is 45.7. The number of aromatic nitrogens is 2. The molecule has 1 aromatic heterocycles. The number of urea groups is 1. The maximum absolute atomic E-state index is 14.4. The van der Waals surface area contributed by atoms with Crippen LogP contribution in [0.4, 0.5) is 4.79 Å². The number of imidazole rings is 1. The summed E-state index contributed by atoms with van der Waals surface area (Å²) >= 11 is 0. The Kier molecular flexibility index (Phi) is 31.6. The molecule has 24 N–H and O–H groups in total. The number of guanidine groups is 1. The van der Waals surface area contributed by atoms with Gasteiger partial charge in [-0.25, -0.2) is 14.3 Å². The Balaban J connectivity index is 0.00000113. The van der Waals surface area contributed by atoms with Gasteiger partial charge >= 0.3 is 30.6 Å². The number of allylic oxidation sites excluding steroid dienone is 6. The Labute approximate surface area is 646 Å². The van der Waals surface area contributed by atoms with Gasteiger partial charge in [0.05, 0.1) is 36.6 Å². The van der Waals surface area contributed by atoms with E-state index in [9.17, 15) is 58.0 Å². The van der Waals surface area contributed by atoms with Crippen molar-refractivity contribution in [3.05, 3.63) is 75.8 Å². The van der Waals surface area contributed by atoms with Crippen molar-refractivity contribution in [1.29, 1.82) is 10.7 Å². The maximum Gasteiger partial charge on any atom is 3.00 e. The minimum atomic E-state index is -5.32. The molecule has 608 valence electrons. The molecule has 0 saturated carbocycles. The minimum absolute atomic E-state index is 0. The smallest absolute Gasteiger partial charge is 0.756 e. The standard InChI is InChI=1S/C62H90N13O14P.C4H7N3O.CH4N2O.CN.Co.H3O4P/c1-29-20-39-40(21-30(29)2)75(28-70-39)57-52(84)53(41(27-76)87-57)89-90(85,86)88-31(3)26-69-49(83)18-19-59(8)37(22-46(66)80)56-62(11)61(10,25-48(68)82)36(14-17-45(65)79)51(74-62)33(5)55-60(9,24-47(67)81)34(12-15-43(63)77)38(71-55)23-42-58(6,7)35(13-16-44(64)78)50(72-42)32(4)54(59)73-56;1-7-2-3(8)6-4(7)5;2-1(3)4;1-2;;1-5(2,3)4/h20-21,23,28,31,34-37,41,52-53,56-57,76,84H,12-19,22,24-27H2,1-11H3,(H15,63,64,65,66,67,68,69,71,72,73,74,77,78,79,80,81,82,83,85,86);2H2,1H3,(H2,5,6,8);(H4,2,3,4);;;(H3,1,2,3,4)/q;;;-1;+3;/p-2/t31?,34-,35-,36-,37+,41-,52-,53-,56-,57+,59-,60+,61+,62+;;;;;/m1...../s1. The summed E-state index contributed by atoms with van der Waals surface area (Å²) < 4.78 is 40.8. The van der Waals surface area contributed by atoms with E-state index in [4.69, 9.17) is 110 Å². The number of nitrogens with two attached hydrogens (primary N) is 8. The van der Waals surface area contributed by atoms with E-state index in [0.29, 0.717) is 63.0 Å². The fraction of sp³-hybridized carbons (Fsp3) is 0.603. The Morgan fingerprint density at radius 2 is 1.35 bits per heavy atom. The first-order chi connectivity index (χ1) is 50.3. The Bertz CT molecular complexity index is 4220. The fourth-order valence-electron chi connectivity index (χ4n) is 15.9. The molecular weight excluding hydrogens is 1520 g/mol. The van der Waals surface area contributed by atoms with E-state index in [-0.39, 0.29) is 106 Å². The second kappa shape index (κ2) is 37.1. The quantitative estimate of drug-likeness (QED) is 0.0450. The van der Waals surface area contributed by atoms with Gasteiger partial charge in [-0.3, -0.25) is 68.6 Å². The number of aryl methyl sites for hydroxylation is 2. The molecule has 8 bridgehead atoms. The number of carbonyl (C=O) groups is 9. The Morgan fingerprint density at radius 1 is 0.809 bits per heavy atom. The van der Waals surface area contributed by atoms with Gasteiger partial charge in [0.1, 0.15) is 18.3 Å². The summed E-state index contributed by atoms with van der Waals surface area (Å²) in [6, 6.07) is 1.82. The molecule has 3 saturated heterocycles. The van der Waals surface area contributed by atoms with Crippen LogP contribution in [0.5, 0.6) is 0 Å². The van der Waals surface area contributed by atoms with Crippen LogP contribution in [0.1, 0.15) is 150 Å². The van der Waals surface area contributed by atoms with Crippen molar-refractivity contribution in [2.45, 2.75) is 189 Å². The van der Waals surface area contributed by atoms with Crippen molar-refractivity contribution in [2.75, 3.05) is 26.7 Å². The zero-order valence-electron chi connectivity index (χ0n) is 63.3. The summed E-state index contributed by atoms with van der Waals surface area (Å²) in [6.07, 6.45) is -4.79. The first-order valence-corrected chi connectivity index (χ1v) is 37.6. The third-order valence-corrected chi connectivity index (χ3v) is 22.6. The summed E-state index contributed by atoms with van der Waals surface area (Å²) in [5.74, 6) is -7.31. The van der Waals surface area contributed by atoms with Crippen LogP contribution in [-0.4, -0.2) is 178 Å². The molecule has 10 amide bonds. The number of benzene rings is 1. The number of aliphatic hydroxyl groups is 2. The second-order valence-electron chi connectivity index (χ2n) is 29.7. The Hall–Kier alpha value is -8.68. The summed E-state index contributed by atoms with van der Waals surface area (Å²) in [5.41, 5.74) is 45.2. The number of amides is 10. The number of nitrogens with zero attached hydrogens (tertiary/aromatic N) is 8. The molecule has 2 aromatic rings. The molecule has 2 unspecified atom stereocenters. The third-order valence-electron chi connectivity index (χ3n) is 21.5. The molecule has 9 rings (SSSR count). The van der Waals surface area contributed by atoms with Gasteiger partial charge in [-0.05, 0) is 118 Å². The number of phosphoric ester groups is 1. The van der Waals surface area contributed by atoms with Crippen LogP contribution in [0.15, 0.2) is 67.8 Å². The molecular formula is C68H102CoN19O20P2. The molecule has 42 heteroatoms. The van der Waals surface area contributed by atoms with E-state index in [1.165, 1.54) is 17.8 Å². The van der Waals surface area contributed by atoms with Gasteiger partial charge in [-0.15, -0.1) is 0 Å². The maximum atomic E-state index is 14.4. The van der Waals surface area contributed by atoms with Crippen molar-refractivity contribution < 1.29 is 113 Å². The zero-order valence-corrected chi connectivity index (χ0v) is 66.1. The van der Waals surface area contributed by atoms with Gasteiger partial charge in [-0.1, -0.05) is 47.1 Å². The second-order valence-corrected chi connectivity index (χ2v) is 32.0. The fourth-order valence-corrected chi connectivity index (χ4v) is 17.0. The van der Waals surface area contributed by atoms with Gasteiger partial charge in [0.2, 0.25) is 47.3 Å². The largest absolute Gasteiger partial charge is 3.00 e. The van der Waals surface area contributed by atoms with Crippen LogP contribution in [-0.2, 0) is 78.0 Å². The van der Waals surface area contributed by atoms with Crippen molar-refractivity contribution >= 4 is 103 Å². The average molecular weight is 1630 g/mol. The first kappa shape index (κ1) is 93.7. The zero-order chi connectivity index (χ0) is 82.9. The summed E-state index contributed by atoms with van der Waals surface area (Å²) in [4.78, 5) is 170. The monoisotopic (exact) mass is 1630 g/mol. The molecule has 0 aliphatic carbocycles. The number of hydrogen-bond donors (Lipinski definition) is 16. The molecule has 0 spiro atoms. The summed E-state index contributed by atoms with van der Waals surface area (Å²) in [7, 11) is -8.26. The van der Waals surface area contributed by atoms with Crippen LogP contribution < -0.4 is 61.4 Å². The van der Waals surface area contributed by atoms with Crippen LogP contribution in [0.2, 0.25) is 0 Å². The van der Waals surface area contributed by atoms with E-state index in [1.54, 1.807) is 18.9 Å². The average Bonchev–Trinajstić information content (AvgIpc) is 1.53. The molecule has 7 aliphatic heterocycles. The molecule has 8 heterocycles. The van der Waals surface area contributed by atoms with Gasteiger partial charge in [0, 0.05) is 121 Å².